The van der Waals surface area contributed by atoms with Crippen molar-refractivity contribution in [3.8, 4) is 16.9 Å². The Morgan fingerprint density at radius 2 is 1.84 bits per heavy atom. The minimum absolute atomic E-state index is 0.00472. The molecule has 2 unspecified atom stereocenters. The van der Waals surface area contributed by atoms with Gasteiger partial charge in [0.05, 0.1) is 50.6 Å². The molecule has 4 N–H and O–H groups in total. The number of hydrogen-bond donors (Lipinski definition) is 3. The van der Waals surface area contributed by atoms with Gasteiger partial charge in [-0.3, -0.25) is 23.5 Å². The number of carbonyl (C=O) groups excluding carboxylic acids is 1. The minimum atomic E-state index is -3.58. The van der Waals surface area contributed by atoms with Crippen LogP contribution in [0, 0.1) is 17.6 Å². The highest BCUT2D eigenvalue weighted by Gasteiger charge is 2.51. The molecule has 12 nitrogen and oxygen atoms in total. The number of nitrogens with one attached hydrogen (secondary N) is 2. The molecule has 1 fully saturated rings. The molecule has 6 aromatic rings. The molecule has 61 heavy (non-hydrogen) atoms. The smallest absolute Gasteiger partial charge is 0.292 e. The van der Waals surface area contributed by atoms with Gasteiger partial charge in [-0.25, -0.2) is 22.5 Å². The number of amidine groups is 1. The van der Waals surface area contributed by atoms with E-state index in [0.717, 1.165) is 42.6 Å². The van der Waals surface area contributed by atoms with E-state index in [-0.39, 0.29) is 68.1 Å². The molecule has 0 bridgehead atoms. The monoisotopic (exact) mass is 882 g/mol. The summed E-state index contributed by atoms with van der Waals surface area (Å²) >= 11 is 7.72. The lowest BCUT2D eigenvalue weighted by atomic mass is 10.0. The molecule has 2 aliphatic rings. The van der Waals surface area contributed by atoms with Crippen molar-refractivity contribution >= 4 is 51.9 Å². The van der Waals surface area contributed by atoms with Crippen LogP contribution in [0.25, 0.3) is 27.8 Å². The van der Waals surface area contributed by atoms with Crippen molar-refractivity contribution in [2.24, 2.45) is 16.0 Å². The highest BCUT2D eigenvalue weighted by atomic mass is 35.5. The maximum atomic E-state index is 15.5. The molecule has 0 saturated heterocycles. The number of anilines is 1. The first-order chi connectivity index (χ1) is 29.1. The van der Waals surface area contributed by atoms with E-state index >= 15 is 13.6 Å². The van der Waals surface area contributed by atoms with Crippen molar-refractivity contribution in [3.63, 3.8) is 0 Å². The number of benzene rings is 3. The molecule has 3 aromatic heterocycles. The Morgan fingerprint density at radius 3 is 2.51 bits per heavy atom. The van der Waals surface area contributed by atoms with Crippen LogP contribution in [-0.2, 0) is 30.1 Å². The number of nitrogens with zero attached hydrogens (tertiary/aromatic N) is 7. The molecule has 2 atom stereocenters. The average molecular weight is 883 g/mol. The molecule has 2 aliphatic carbocycles. The predicted molar refractivity (Wildman–Crippen MR) is 221 cm³/mol. The Kier molecular flexibility index (Phi) is 11.1. The van der Waals surface area contributed by atoms with Crippen LogP contribution < -0.4 is 21.9 Å². The first-order valence-corrected chi connectivity index (χ1v) is 20.7. The normalized spacial score (nSPS) is 16.6. The summed E-state index contributed by atoms with van der Waals surface area (Å²) in [4.78, 5) is 34.1. The van der Waals surface area contributed by atoms with Crippen molar-refractivity contribution in [2.45, 2.75) is 63.6 Å². The van der Waals surface area contributed by atoms with E-state index in [1.165, 1.54) is 23.6 Å². The van der Waals surface area contributed by atoms with Gasteiger partial charge < -0.3 is 16.4 Å². The van der Waals surface area contributed by atoms with E-state index in [0.29, 0.717) is 16.3 Å². The Morgan fingerprint density at radius 1 is 1.10 bits per heavy atom. The van der Waals surface area contributed by atoms with E-state index in [1.54, 1.807) is 37.7 Å². The molecule has 1 amide bonds. The summed E-state index contributed by atoms with van der Waals surface area (Å²) in [5.41, 5.74) is 5.95. The van der Waals surface area contributed by atoms with Gasteiger partial charge >= 0.3 is 0 Å². The van der Waals surface area contributed by atoms with Crippen LogP contribution in [0.1, 0.15) is 72.2 Å². The van der Waals surface area contributed by atoms with Gasteiger partial charge in [0, 0.05) is 49.0 Å². The Balaban J connectivity index is 1.34. The average Bonchev–Trinajstić information content (AvgIpc) is 3.72. The van der Waals surface area contributed by atoms with E-state index in [2.05, 4.69) is 25.2 Å². The lowest BCUT2D eigenvalue weighted by Gasteiger charge is -2.25. The fraction of sp³-hybridized carbons (Fsp3) is 0.317. The fourth-order valence-electron chi connectivity index (χ4n) is 7.98. The van der Waals surface area contributed by atoms with Gasteiger partial charge in [-0.1, -0.05) is 24.6 Å². The standard InChI is InChI=1S/C41H37ClF6N10O2S/c1-19-12-26-34(37(45)46)54-56(36(26)41(19,47)48)18-32(59)52-29(15-20-13-22(43)17-23(44)14-20)39-53-28-16-21(30-10-11-51-58(30)24-5-6-24)4-7-25(28)40(60)57(39)31-9-8-27(42)33(35(31)50-2)38(49)55-61-3/h4,7-11,13-14,16-17,19,24,29,37,50H,5-6,12,15,18H2,1-3H3,(H2,49,55)(H,52,59). The van der Waals surface area contributed by atoms with Crippen molar-refractivity contribution in [3.05, 3.63) is 122 Å². The number of amides is 1. The zero-order valence-corrected chi connectivity index (χ0v) is 34.3. The van der Waals surface area contributed by atoms with Crippen molar-refractivity contribution in [2.75, 3.05) is 18.6 Å². The van der Waals surface area contributed by atoms with Gasteiger partial charge in [0.1, 0.15) is 41.2 Å². The van der Waals surface area contributed by atoms with Crippen LogP contribution in [0.15, 0.2) is 70.0 Å². The first-order valence-electron chi connectivity index (χ1n) is 19.1. The number of hydrogen-bond acceptors (Lipinski definition) is 8. The molecule has 8 rings (SSSR count). The van der Waals surface area contributed by atoms with E-state index < -0.39 is 71.8 Å². The molecule has 3 aromatic carbocycles. The maximum Gasteiger partial charge on any atom is 0.292 e. The molecular weight excluding hydrogens is 846 g/mol. The number of rotatable bonds is 13. The van der Waals surface area contributed by atoms with E-state index in [1.807, 2.05) is 10.7 Å². The molecule has 20 heteroatoms. The topological polar surface area (TPSA) is 150 Å². The van der Waals surface area contributed by atoms with Crippen molar-refractivity contribution in [1.29, 1.82) is 0 Å². The third-order valence-corrected chi connectivity index (χ3v) is 11.6. The molecule has 3 heterocycles. The summed E-state index contributed by atoms with van der Waals surface area (Å²) < 4.78 is 96.5. The van der Waals surface area contributed by atoms with Gasteiger partial charge in [-0.2, -0.15) is 23.4 Å². The summed E-state index contributed by atoms with van der Waals surface area (Å²) in [7, 11) is 1.56. The summed E-state index contributed by atoms with van der Waals surface area (Å²) in [5.74, 6) is -7.96. The summed E-state index contributed by atoms with van der Waals surface area (Å²) in [6.07, 6.45) is 1.27. The van der Waals surface area contributed by atoms with E-state index in [4.69, 9.17) is 22.3 Å². The number of aromatic nitrogens is 6. The SMILES string of the molecule is CNc1c(-n2c(C(Cc3cc(F)cc(F)c3)NC(=O)Cn3nc(C(F)F)c4c3C(F)(F)C(C)C4)nc3cc(-c4ccnn4C4CC4)ccc3c2=O)ccc(Cl)c1C(N)=NSC. The third kappa shape index (κ3) is 7.73. The second kappa shape index (κ2) is 16.2. The van der Waals surface area contributed by atoms with Crippen molar-refractivity contribution < 1.29 is 31.1 Å². The molecular formula is C41H37ClF6N10O2S. The molecule has 318 valence electrons. The van der Waals surface area contributed by atoms with Crippen LogP contribution in [0.2, 0.25) is 5.02 Å². The zero-order valence-electron chi connectivity index (χ0n) is 32.7. The van der Waals surface area contributed by atoms with Crippen molar-refractivity contribution in [1.82, 2.24) is 34.4 Å². The first kappa shape index (κ1) is 41.9. The largest absolute Gasteiger partial charge is 0.386 e. The van der Waals surface area contributed by atoms with Crippen LogP contribution in [0.3, 0.4) is 0 Å². The Hall–Kier alpha value is -5.82. The van der Waals surface area contributed by atoms with Gasteiger partial charge in [-0.05, 0) is 79.2 Å². The highest BCUT2D eigenvalue weighted by molar-refractivity contribution is 7.97. The molecule has 0 spiro atoms. The summed E-state index contributed by atoms with van der Waals surface area (Å²) in [6.45, 7) is 0.263. The lowest BCUT2D eigenvalue weighted by Crippen LogP contribution is -2.38. The van der Waals surface area contributed by atoms with Crippen LogP contribution >= 0.6 is 23.5 Å². The number of carbonyl (C=O) groups is 1. The quantitative estimate of drug-likeness (QED) is 0.0457. The van der Waals surface area contributed by atoms with Gasteiger partial charge in [0.15, 0.2) is 0 Å². The zero-order chi connectivity index (χ0) is 43.5. The number of fused-ring (bicyclic) bond motifs is 2. The lowest BCUT2D eigenvalue weighted by molar-refractivity contribution is -0.123. The summed E-state index contributed by atoms with van der Waals surface area (Å²) in [5, 5.41) is 14.3. The molecule has 0 radical (unpaired) electrons. The Bertz CT molecular complexity index is 2780. The minimum Gasteiger partial charge on any atom is -0.386 e. The van der Waals surface area contributed by atoms with Crippen LogP contribution in [0.4, 0.5) is 32.0 Å². The number of alkyl halides is 4. The summed E-state index contributed by atoms with van der Waals surface area (Å²) in [6, 6.07) is 11.3. The second-order valence-electron chi connectivity index (χ2n) is 15.0. The maximum absolute atomic E-state index is 15.5. The van der Waals surface area contributed by atoms with Crippen LogP contribution in [0.5, 0.6) is 0 Å². The molecule has 0 aliphatic heterocycles. The second-order valence-corrected chi connectivity index (χ2v) is 15.9. The Labute approximate surface area is 353 Å². The highest BCUT2D eigenvalue weighted by Crippen LogP contribution is 2.48. The predicted octanol–water partition coefficient (Wildman–Crippen LogP) is 8.06. The van der Waals surface area contributed by atoms with Gasteiger partial charge in [0.25, 0.3) is 17.9 Å². The third-order valence-electron chi connectivity index (χ3n) is 10.9. The van der Waals surface area contributed by atoms with Gasteiger partial charge in [0.2, 0.25) is 5.91 Å². The van der Waals surface area contributed by atoms with E-state index in [9.17, 15) is 22.4 Å². The van der Waals surface area contributed by atoms with Crippen LogP contribution in [-0.4, -0.2) is 54.2 Å². The number of nitrogens with two attached hydrogens (primary N) is 1. The number of halogens is 7. The van der Waals surface area contributed by atoms with Gasteiger partial charge in [-0.15, -0.1) is 0 Å². The fourth-order valence-corrected chi connectivity index (χ4v) is 8.52. The molecule has 1 saturated carbocycles.